The molecule has 2 aromatic heterocycles. The number of carbonyl (C=O) groups excluding carboxylic acids is 2. The molecule has 0 radical (unpaired) electrons. The summed E-state index contributed by atoms with van der Waals surface area (Å²) < 4.78 is 16.4. The van der Waals surface area contributed by atoms with E-state index in [1.807, 2.05) is 17.5 Å². The van der Waals surface area contributed by atoms with Crippen LogP contribution in [-0.2, 0) is 9.53 Å². The summed E-state index contributed by atoms with van der Waals surface area (Å²) in [5, 5.41) is 6.38. The molecule has 0 saturated carbocycles. The van der Waals surface area contributed by atoms with Crippen LogP contribution in [0.15, 0.2) is 45.2 Å². The Morgan fingerprint density at radius 1 is 1.32 bits per heavy atom. The molecule has 3 aromatic rings. The maximum atomic E-state index is 12.3. The molecule has 2 heterocycles. The highest BCUT2D eigenvalue weighted by molar-refractivity contribution is 7.11. The average molecular weight is 400 g/mol. The van der Waals surface area contributed by atoms with Crippen molar-refractivity contribution in [1.29, 1.82) is 0 Å². The molecule has 8 heteroatoms. The van der Waals surface area contributed by atoms with Crippen LogP contribution in [-0.4, -0.2) is 30.8 Å². The van der Waals surface area contributed by atoms with E-state index < -0.39 is 11.9 Å². The molecule has 0 aliphatic rings. The number of thiophene rings is 1. The van der Waals surface area contributed by atoms with Gasteiger partial charge in [-0.3, -0.25) is 4.79 Å². The van der Waals surface area contributed by atoms with Gasteiger partial charge in [0.05, 0.1) is 12.3 Å². The van der Waals surface area contributed by atoms with Crippen LogP contribution in [0.1, 0.15) is 34.8 Å². The van der Waals surface area contributed by atoms with Crippen molar-refractivity contribution in [2.24, 2.45) is 5.10 Å². The van der Waals surface area contributed by atoms with Crippen molar-refractivity contribution in [3.8, 4) is 5.75 Å². The number of nitrogens with zero attached hydrogens (tertiary/aromatic N) is 1. The fourth-order valence-electron chi connectivity index (χ4n) is 2.53. The Bertz CT molecular complexity index is 1010. The molecule has 0 saturated heterocycles. The molecule has 28 heavy (non-hydrogen) atoms. The number of rotatable bonds is 7. The number of ether oxygens (including phenoxy) is 2. The molecule has 0 unspecified atom stereocenters. The van der Waals surface area contributed by atoms with E-state index in [0.717, 1.165) is 4.88 Å². The molecule has 0 aliphatic carbocycles. The molecule has 0 aliphatic heterocycles. The summed E-state index contributed by atoms with van der Waals surface area (Å²) in [6.07, 6.45) is 1.32. The van der Waals surface area contributed by atoms with Gasteiger partial charge in [0.2, 0.25) is 0 Å². The second-order valence-corrected chi connectivity index (χ2v) is 7.22. The van der Waals surface area contributed by atoms with Gasteiger partial charge in [-0.1, -0.05) is 6.07 Å². The molecule has 0 atom stereocenters. The van der Waals surface area contributed by atoms with Gasteiger partial charge < -0.3 is 13.9 Å². The van der Waals surface area contributed by atoms with Crippen LogP contribution in [0.5, 0.6) is 5.75 Å². The standard InChI is InChI=1S/C20H20N2O5S/c1-12(2)26-20(24)19-13(3)27-17-7-6-14(9-16(17)19)25-11-18(23)22-21-10-15-5-4-8-28-15/h4-10,12H,11H2,1-3H3,(H,22,23)/b21-10+. The highest BCUT2D eigenvalue weighted by Gasteiger charge is 2.21. The van der Waals surface area contributed by atoms with Gasteiger partial charge in [0, 0.05) is 10.3 Å². The zero-order chi connectivity index (χ0) is 20.1. The zero-order valence-corrected chi connectivity index (χ0v) is 16.5. The normalized spacial score (nSPS) is 11.3. The number of esters is 1. The third-order valence-corrected chi connectivity index (χ3v) is 4.48. The van der Waals surface area contributed by atoms with Gasteiger partial charge in [-0.15, -0.1) is 11.3 Å². The van der Waals surface area contributed by atoms with Crippen molar-refractivity contribution in [3.05, 3.63) is 51.9 Å². The number of aryl methyl sites for hydroxylation is 1. The van der Waals surface area contributed by atoms with Gasteiger partial charge in [-0.05, 0) is 50.4 Å². The predicted molar refractivity (Wildman–Crippen MR) is 107 cm³/mol. The molecule has 3 rings (SSSR count). The summed E-state index contributed by atoms with van der Waals surface area (Å²) in [6.45, 7) is 5.06. The summed E-state index contributed by atoms with van der Waals surface area (Å²) in [5.41, 5.74) is 3.31. The summed E-state index contributed by atoms with van der Waals surface area (Å²) in [7, 11) is 0. The van der Waals surface area contributed by atoms with E-state index in [4.69, 9.17) is 13.9 Å². The van der Waals surface area contributed by atoms with Crippen LogP contribution in [0.4, 0.5) is 0 Å². The Labute approximate surface area is 165 Å². The first-order valence-corrected chi connectivity index (χ1v) is 9.54. The van der Waals surface area contributed by atoms with Gasteiger partial charge in [-0.25, -0.2) is 10.2 Å². The van der Waals surface area contributed by atoms with Crippen LogP contribution in [0, 0.1) is 6.92 Å². The van der Waals surface area contributed by atoms with Crippen molar-refractivity contribution in [1.82, 2.24) is 5.43 Å². The number of hydrogen-bond acceptors (Lipinski definition) is 7. The number of furan rings is 1. The zero-order valence-electron chi connectivity index (χ0n) is 15.7. The van der Waals surface area contributed by atoms with Crippen molar-refractivity contribution in [2.75, 3.05) is 6.61 Å². The lowest BCUT2D eigenvalue weighted by atomic mass is 10.1. The minimum Gasteiger partial charge on any atom is -0.484 e. The number of hydrogen-bond donors (Lipinski definition) is 1. The van der Waals surface area contributed by atoms with E-state index in [-0.39, 0.29) is 12.7 Å². The number of benzene rings is 1. The Kier molecular flexibility index (Phi) is 6.10. The van der Waals surface area contributed by atoms with Crippen LogP contribution >= 0.6 is 11.3 Å². The molecular weight excluding hydrogens is 380 g/mol. The third kappa shape index (κ3) is 4.77. The van der Waals surface area contributed by atoms with Crippen LogP contribution < -0.4 is 10.2 Å². The lowest BCUT2D eigenvalue weighted by Gasteiger charge is -2.08. The Morgan fingerprint density at radius 2 is 2.14 bits per heavy atom. The van der Waals surface area contributed by atoms with E-state index in [9.17, 15) is 9.59 Å². The first kappa shape index (κ1) is 19.6. The molecule has 146 valence electrons. The Morgan fingerprint density at radius 3 is 2.86 bits per heavy atom. The third-order valence-electron chi connectivity index (χ3n) is 3.68. The molecule has 1 N–H and O–H groups in total. The van der Waals surface area contributed by atoms with Crippen molar-refractivity contribution in [3.63, 3.8) is 0 Å². The average Bonchev–Trinajstić information content (AvgIpc) is 3.25. The molecule has 7 nitrogen and oxygen atoms in total. The minimum absolute atomic E-state index is 0.212. The van der Waals surface area contributed by atoms with Gasteiger partial charge in [0.25, 0.3) is 5.91 Å². The lowest BCUT2D eigenvalue weighted by Crippen LogP contribution is -2.24. The minimum atomic E-state index is -0.455. The lowest BCUT2D eigenvalue weighted by molar-refractivity contribution is -0.123. The summed E-state index contributed by atoms with van der Waals surface area (Å²) in [5.74, 6) is 0.0579. The quantitative estimate of drug-likeness (QED) is 0.369. The fraction of sp³-hybridized carbons (Fsp3) is 0.250. The number of fused-ring (bicyclic) bond motifs is 1. The van der Waals surface area contributed by atoms with E-state index in [1.165, 1.54) is 11.3 Å². The molecular formula is C20H20N2O5S. The van der Waals surface area contributed by atoms with Crippen LogP contribution in [0.3, 0.4) is 0 Å². The number of carbonyl (C=O) groups is 2. The Hall–Kier alpha value is -3.13. The summed E-state index contributed by atoms with van der Waals surface area (Å²) >= 11 is 1.52. The molecule has 0 bridgehead atoms. The molecule has 1 amide bonds. The second kappa shape index (κ2) is 8.71. The van der Waals surface area contributed by atoms with E-state index >= 15 is 0 Å². The van der Waals surface area contributed by atoms with Gasteiger partial charge >= 0.3 is 5.97 Å². The van der Waals surface area contributed by atoms with E-state index in [0.29, 0.717) is 28.0 Å². The van der Waals surface area contributed by atoms with Crippen molar-refractivity contribution < 1.29 is 23.5 Å². The Balaban J connectivity index is 1.66. The highest BCUT2D eigenvalue weighted by atomic mass is 32.1. The van der Waals surface area contributed by atoms with E-state index in [1.54, 1.807) is 45.2 Å². The largest absolute Gasteiger partial charge is 0.484 e. The maximum Gasteiger partial charge on any atom is 0.342 e. The summed E-state index contributed by atoms with van der Waals surface area (Å²) in [6, 6.07) is 8.81. The van der Waals surface area contributed by atoms with Crippen molar-refractivity contribution in [2.45, 2.75) is 26.9 Å². The molecule has 0 fully saturated rings. The number of hydrazone groups is 1. The number of nitrogens with one attached hydrogen (secondary N) is 1. The smallest absolute Gasteiger partial charge is 0.342 e. The van der Waals surface area contributed by atoms with Crippen molar-refractivity contribution >= 4 is 40.4 Å². The summed E-state index contributed by atoms with van der Waals surface area (Å²) in [4.78, 5) is 25.1. The predicted octanol–water partition coefficient (Wildman–Crippen LogP) is 3.90. The first-order chi connectivity index (χ1) is 13.4. The molecule has 1 aromatic carbocycles. The second-order valence-electron chi connectivity index (χ2n) is 6.24. The maximum absolute atomic E-state index is 12.3. The topological polar surface area (TPSA) is 90.1 Å². The van der Waals surface area contributed by atoms with E-state index in [2.05, 4.69) is 10.5 Å². The van der Waals surface area contributed by atoms with Crippen LogP contribution in [0.2, 0.25) is 0 Å². The highest BCUT2D eigenvalue weighted by Crippen LogP contribution is 2.30. The van der Waals surface area contributed by atoms with Gasteiger partial charge in [0.15, 0.2) is 6.61 Å². The SMILES string of the molecule is Cc1oc2ccc(OCC(=O)N/N=C/c3cccs3)cc2c1C(=O)OC(C)C. The molecule has 0 spiro atoms. The first-order valence-electron chi connectivity index (χ1n) is 8.66. The van der Waals surface area contributed by atoms with Gasteiger partial charge in [0.1, 0.15) is 22.7 Å². The fourth-order valence-corrected chi connectivity index (χ4v) is 3.11. The monoisotopic (exact) mass is 400 g/mol. The van der Waals surface area contributed by atoms with Crippen LogP contribution in [0.25, 0.3) is 11.0 Å². The number of amides is 1. The van der Waals surface area contributed by atoms with Gasteiger partial charge in [-0.2, -0.15) is 5.10 Å².